The fourth-order valence-corrected chi connectivity index (χ4v) is 4.94. The first kappa shape index (κ1) is 20.2. The Kier molecular flexibility index (Phi) is 7.54. The average molecular weight is 445 g/mol. The van der Waals surface area contributed by atoms with Crippen molar-refractivity contribution in [3.63, 3.8) is 0 Å². The lowest BCUT2D eigenvalue weighted by molar-refractivity contribution is 0.151. The molecule has 1 aromatic rings. The first-order chi connectivity index (χ1) is 11.4. The SMILES string of the molecule is CCN(I)[C@@H]1CCC(C)C[C@H]1Cc1ccc(C(F)(CC)CC)cc1. The Morgan fingerprint density at radius 3 is 2.29 bits per heavy atom. The number of alkyl halides is 1. The quantitative estimate of drug-likeness (QED) is 0.334. The number of hydrogen-bond donors (Lipinski definition) is 0. The Balaban J connectivity index is 2.11. The van der Waals surface area contributed by atoms with Gasteiger partial charge in [0.25, 0.3) is 0 Å². The van der Waals surface area contributed by atoms with Crippen LogP contribution in [0.15, 0.2) is 24.3 Å². The summed E-state index contributed by atoms with van der Waals surface area (Å²) in [5.74, 6) is 1.54. The van der Waals surface area contributed by atoms with Crippen molar-refractivity contribution in [2.75, 3.05) is 6.54 Å². The van der Waals surface area contributed by atoms with Gasteiger partial charge in [0.15, 0.2) is 0 Å². The molecule has 3 heteroatoms. The second-order valence-corrected chi connectivity index (χ2v) is 8.77. The molecule has 136 valence electrons. The summed E-state index contributed by atoms with van der Waals surface area (Å²) in [5.41, 5.74) is 1.04. The molecular formula is C21H33FIN. The van der Waals surface area contributed by atoms with E-state index < -0.39 is 5.67 Å². The number of nitrogens with zero attached hydrogens (tertiary/aromatic N) is 1. The lowest BCUT2D eigenvalue weighted by Gasteiger charge is -2.39. The second kappa shape index (κ2) is 8.98. The van der Waals surface area contributed by atoms with Crippen molar-refractivity contribution in [2.45, 2.75) is 77.9 Å². The summed E-state index contributed by atoms with van der Waals surface area (Å²) in [7, 11) is 0. The van der Waals surface area contributed by atoms with Gasteiger partial charge in [-0.25, -0.2) is 7.50 Å². The van der Waals surface area contributed by atoms with Crippen molar-refractivity contribution in [1.82, 2.24) is 3.11 Å². The van der Waals surface area contributed by atoms with Crippen LogP contribution in [0.2, 0.25) is 0 Å². The average Bonchev–Trinajstić information content (AvgIpc) is 2.61. The molecule has 1 aromatic carbocycles. The first-order valence-electron chi connectivity index (χ1n) is 9.64. The van der Waals surface area contributed by atoms with E-state index in [0.717, 1.165) is 24.4 Å². The Morgan fingerprint density at radius 2 is 1.75 bits per heavy atom. The zero-order valence-electron chi connectivity index (χ0n) is 15.7. The molecular weight excluding hydrogens is 412 g/mol. The third-order valence-electron chi connectivity index (χ3n) is 5.96. The Bertz CT molecular complexity index is 497. The highest BCUT2D eigenvalue weighted by Gasteiger charge is 2.32. The molecule has 3 atom stereocenters. The van der Waals surface area contributed by atoms with Gasteiger partial charge in [0, 0.05) is 35.5 Å². The second-order valence-electron chi connectivity index (χ2n) is 7.54. The van der Waals surface area contributed by atoms with Crippen LogP contribution in [-0.4, -0.2) is 15.7 Å². The van der Waals surface area contributed by atoms with Gasteiger partial charge in [-0.2, -0.15) is 0 Å². The Labute approximate surface area is 161 Å². The molecule has 1 fully saturated rings. The molecule has 0 spiro atoms. The van der Waals surface area contributed by atoms with E-state index in [2.05, 4.69) is 52.0 Å². The number of halogens is 2. The Morgan fingerprint density at radius 1 is 1.12 bits per heavy atom. The van der Waals surface area contributed by atoms with Gasteiger partial charge < -0.3 is 0 Å². The lowest BCUT2D eigenvalue weighted by atomic mass is 9.76. The van der Waals surface area contributed by atoms with Crippen molar-refractivity contribution in [3.8, 4) is 0 Å². The summed E-state index contributed by atoms with van der Waals surface area (Å²) >= 11 is 2.50. The first-order valence-corrected chi connectivity index (χ1v) is 10.6. The van der Waals surface area contributed by atoms with Gasteiger partial charge in [0.2, 0.25) is 0 Å². The van der Waals surface area contributed by atoms with Crippen LogP contribution in [0.1, 0.15) is 70.9 Å². The minimum atomic E-state index is -1.17. The van der Waals surface area contributed by atoms with Gasteiger partial charge in [-0.05, 0) is 61.5 Å². The van der Waals surface area contributed by atoms with Crippen LogP contribution in [-0.2, 0) is 12.1 Å². The van der Waals surface area contributed by atoms with E-state index in [-0.39, 0.29) is 0 Å². The fraction of sp³-hybridized carbons (Fsp3) is 0.714. The van der Waals surface area contributed by atoms with Crippen molar-refractivity contribution >= 4 is 22.9 Å². The monoisotopic (exact) mass is 445 g/mol. The predicted octanol–water partition coefficient (Wildman–Crippen LogP) is 6.69. The van der Waals surface area contributed by atoms with E-state index in [0.29, 0.717) is 24.8 Å². The predicted molar refractivity (Wildman–Crippen MR) is 110 cm³/mol. The number of rotatable bonds is 7. The van der Waals surface area contributed by atoms with Crippen molar-refractivity contribution in [2.24, 2.45) is 11.8 Å². The summed E-state index contributed by atoms with van der Waals surface area (Å²) in [6.07, 6.45) is 6.17. The molecule has 0 aromatic heterocycles. The van der Waals surface area contributed by atoms with Gasteiger partial charge in [-0.15, -0.1) is 0 Å². The smallest absolute Gasteiger partial charge is 0.135 e. The Hall–Kier alpha value is -0.160. The fourth-order valence-electron chi connectivity index (χ4n) is 4.21. The molecule has 1 aliphatic rings. The maximum atomic E-state index is 14.8. The van der Waals surface area contributed by atoms with Crippen LogP contribution in [0.25, 0.3) is 0 Å². The third-order valence-corrected chi connectivity index (χ3v) is 7.35. The van der Waals surface area contributed by atoms with Gasteiger partial charge in [0.1, 0.15) is 5.67 Å². The molecule has 0 N–H and O–H groups in total. The summed E-state index contributed by atoms with van der Waals surface area (Å²) in [6, 6.07) is 9.04. The largest absolute Gasteiger partial charge is 0.244 e. The standard InChI is InChI=1S/C21H33FIN/c1-5-21(22,6-2)19-11-9-17(10-12-19)15-18-14-16(4)8-13-20(18)24(23)7-3/h9-12,16,18,20H,5-8,13-15H2,1-4H3/t16?,18-,20+/m0/s1. The molecule has 0 bridgehead atoms. The van der Waals surface area contributed by atoms with Crippen molar-refractivity contribution in [1.29, 1.82) is 0 Å². The van der Waals surface area contributed by atoms with E-state index in [1.165, 1.54) is 24.8 Å². The van der Waals surface area contributed by atoms with Crippen LogP contribution in [0.3, 0.4) is 0 Å². The molecule has 24 heavy (non-hydrogen) atoms. The van der Waals surface area contributed by atoms with E-state index in [1.54, 1.807) is 0 Å². The van der Waals surface area contributed by atoms with Crippen molar-refractivity contribution in [3.05, 3.63) is 35.4 Å². The molecule has 0 saturated heterocycles. The minimum absolute atomic E-state index is 0.547. The zero-order chi connectivity index (χ0) is 17.7. The van der Waals surface area contributed by atoms with E-state index in [9.17, 15) is 4.39 Å². The highest BCUT2D eigenvalue weighted by molar-refractivity contribution is 14.1. The highest BCUT2D eigenvalue weighted by atomic mass is 127. The number of hydrogen-bond acceptors (Lipinski definition) is 1. The molecule has 0 radical (unpaired) electrons. The van der Waals surface area contributed by atoms with Gasteiger partial charge in [0.05, 0.1) is 0 Å². The molecule has 2 rings (SSSR count). The minimum Gasteiger partial charge on any atom is -0.244 e. The number of benzene rings is 1. The topological polar surface area (TPSA) is 3.24 Å². The van der Waals surface area contributed by atoms with Crippen molar-refractivity contribution < 1.29 is 4.39 Å². The van der Waals surface area contributed by atoms with Gasteiger partial charge >= 0.3 is 0 Å². The molecule has 0 amide bonds. The van der Waals surface area contributed by atoms with E-state index in [4.69, 9.17) is 0 Å². The van der Waals surface area contributed by atoms with Crippen LogP contribution in [0.4, 0.5) is 4.39 Å². The summed E-state index contributed by atoms with van der Waals surface area (Å²) in [6.45, 7) is 9.60. The summed E-state index contributed by atoms with van der Waals surface area (Å²) < 4.78 is 17.3. The molecule has 1 nitrogen and oxygen atoms in total. The molecule has 0 heterocycles. The molecule has 1 aliphatic carbocycles. The molecule has 1 unspecified atom stereocenters. The highest BCUT2D eigenvalue weighted by Crippen LogP contribution is 2.37. The maximum absolute atomic E-state index is 14.8. The molecule has 1 saturated carbocycles. The maximum Gasteiger partial charge on any atom is 0.135 e. The van der Waals surface area contributed by atoms with Crippen LogP contribution in [0.5, 0.6) is 0 Å². The van der Waals surface area contributed by atoms with Crippen LogP contribution < -0.4 is 0 Å². The van der Waals surface area contributed by atoms with Crippen LogP contribution in [0, 0.1) is 11.8 Å². The van der Waals surface area contributed by atoms with Gasteiger partial charge in [-0.1, -0.05) is 52.0 Å². The van der Waals surface area contributed by atoms with Crippen LogP contribution >= 0.6 is 22.9 Å². The third kappa shape index (κ3) is 4.72. The lowest BCUT2D eigenvalue weighted by Crippen LogP contribution is -2.39. The summed E-state index contributed by atoms with van der Waals surface area (Å²) in [5, 5.41) is 0. The summed E-state index contributed by atoms with van der Waals surface area (Å²) in [4.78, 5) is 0. The van der Waals surface area contributed by atoms with E-state index >= 15 is 0 Å². The normalized spacial score (nSPS) is 25.2. The van der Waals surface area contributed by atoms with E-state index in [1.807, 2.05) is 26.0 Å². The zero-order valence-corrected chi connectivity index (χ0v) is 17.9. The van der Waals surface area contributed by atoms with Gasteiger partial charge in [-0.3, -0.25) is 0 Å². The molecule has 0 aliphatic heterocycles.